The van der Waals surface area contributed by atoms with Crippen LogP contribution in [0.2, 0.25) is 0 Å². The molecule has 0 aromatic rings. The fraction of sp³-hybridized carbons (Fsp3) is 0.765. The van der Waals surface area contributed by atoms with Gasteiger partial charge in [-0.05, 0) is 0 Å². The van der Waals surface area contributed by atoms with E-state index in [2.05, 4.69) is 21.0 Å². The highest BCUT2D eigenvalue weighted by Crippen LogP contribution is 2.37. The molecule has 2 saturated heterocycles. The van der Waals surface area contributed by atoms with Gasteiger partial charge in [-0.1, -0.05) is 0 Å². The highest BCUT2D eigenvalue weighted by Gasteiger charge is 2.47. The van der Waals surface area contributed by atoms with E-state index < -0.39 is 11.2 Å². The third kappa shape index (κ3) is 3.67. The molecule has 3 heterocycles. The Morgan fingerprint density at radius 2 is 1.92 bits per heavy atom. The maximum atomic E-state index is 12.5. The Bertz CT molecular complexity index is 592. The van der Waals surface area contributed by atoms with Crippen LogP contribution in [0.5, 0.6) is 0 Å². The van der Waals surface area contributed by atoms with E-state index in [0.717, 1.165) is 0 Å². The van der Waals surface area contributed by atoms with Crippen molar-refractivity contribution in [3.8, 4) is 12.3 Å². The van der Waals surface area contributed by atoms with Gasteiger partial charge in [-0.3, -0.25) is 14.5 Å². The fourth-order valence-corrected chi connectivity index (χ4v) is 3.67. The second kappa shape index (κ2) is 7.10. The second-order valence-corrected chi connectivity index (χ2v) is 6.95. The Kier molecular flexibility index (Phi) is 5.06. The largest absolute Gasteiger partial charge is 0.379 e. The highest BCUT2D eigenvalue weighted by atomic mass is 16.5. The summed E-state index contributed by atoms with van der Waals surface area (Å²) in [5.41, 5.74) is 4.50. The lowest BCUT2D eigenvalue weighted by Crippen LogP contribution is -2.63. The second-order valence-electron chi connectivity index (χ2n) is 6.95. The van der Waals surface area contributed by atoms with Crippen LogP contribution in [0, 0.1) is 12.3 Å². The van der Waals surface area contributed by atoms with Gasteiger partial charge in [0.15, 0.2) is 5.66 Å². The van der Waals surface area contributed by atoms with Crippen molar-refractivity contribution in [2.45, 2.75) is 43.3 Å². The van der Waals surface area contributed by atoms with E-state index >= 15 is 0 Å². The van der Waals surface area contributed by atoms with Crippen LogP contribution in [-0.2, 0) is 14.3 Å². The molecule has 0 spiro atoms. The normalized spacial score (nSPS) is 27.9. The summed E-state index contributed by atoms with van der Waals surface area (Å²) in [6.45, 7) is 3.36. The van der Waals surface area contributed by atoms with Gasteiger partial charge in [-0.2, -0.15) is 10.2 Å². The number of piperazine rings is 1. The number of primary amides is 1. The Hall–Kier alpha value is -1.98. The summed E-state index contributed by atoms with van der Waals surface area (Å²) >= 11 is 0. The molecule has 136 valence electrons. The zero-order valence-electron chi connectivity index (χ0n) is 14.4. The molecule has 1 unspecified atom stereocenters. The molecule has 0 radical (unpaired) electrons. The van der Waals surface area contributed by atoms with Gasteiger partial charge in [-0.25, -0.2) is 0 Å². The Morgan fingerprint density at radius 1 is 1.20 bits per heavy atom. The number of rotatable bonds is 7. The number of hydrogen-bond acceptors (Lipinski definition) is 6. The van der Waals surface area contributed by atoms with Crippen molar-refractivity contribution in [1.82, 2.24) is 9.80 Å². The van der Waals surface area contributed by atoms with Crippen molar-refractivity contribution < 1.29 is 14.3 Å². The minimum absolute atomic E-state index is 0.104. The molecule has 2 N–H and O–H groups in total. The molecule has 0 bridgehead atoms. The van der Waals surface area contributed by atoms with E-state index in [9.17, 15) is 9.59 Å². The standard InChI is InChI=1S/C17H25N5O3/c1-2-3-5-17(19-20-17)6-4-14(23)21-8-10-22(11-9-21)16(15(18)24)7-12-25-13-16/h1H,3-13H2,(H2,18,24). The van der Waals surface area contributed by atoms with E-state index in [1.54, 1.807) is 0 Å². The van der Waals surface area contributed by atoms with Crippen molar-refractivity contribution in [3.63, 3.8) is 0 Å². The Morgan fingerprint density at radius 3 is 2.44 bits per heavy atom. The summed E-state index contributed by atoms with van der Waals surface area (Å²) in [6.07, 6.45) is 8.27. The first-order valence-corrected chi connectivity index (χ1v) is 8.79. The molecular weight excluding hydrogens is 322 g/mol. The molecule has 2 fully saturated rings. The number of hydrogen-bond donors (Lipinski definition) is 1. The average molecular weight is 347 g/mol. The lowest BCUT2D eigenvalue weighted by molar-refractivity contribution is -0.137. The fourth-order valence-electron chi connectivity index (χ4n) is 3.67. The molecule has 0 aromatic carbocycles. The number of carbonyl (C=O) groups is 2. The lowest BCUT2D eigenvalue weighted by Gasteiger charge is -2.43. The third-order valence-corrected chi connectivity index (χ3v) is 5.49. The van der Waals surface area contributed by atoms with Crippen LogP contribution < -0.4 is 5.73 Å². The quantitative estimate of drug-likeness (QED) is 0.662. The molecule has 0 saturated carbocycles. The minimum atomic E-state index is -0.708. The van der Waals surface area contributed by atoms with Crippen molar-refractivity contribution in [3.05, 3.63) is 0 Å². The average Bonchev–Trinajstić information content (AvgIpc) is 3.21. The van der Waals surface area contributed by atoms with E-state index in [0.29, 0.717) is 71.5 Å². The van der Waals surface area contributed by atoms with E-state index in [4.69, 9.17) is 16.9 Å². The van der Waals surface area contributed by atoms with Gasteiger partial charge >= 0.3 is 0 Å². The van der Waals surface area contributed by atoms with Crippen molar-refractivity contribution in [2.24, 2.45) is 16.0 Å². The maximum absolute atomic E-state index is 12.5. The van der Waals surface area contributed by atoms with Crippen molar-refractivity contribution in [2.75, 3.05) is 39.4 Å². The van der Waals surface area contributed by atoms with E-state index in [1.165, 1.54) is 0 Å². The van der Waals surface area contributed by atoms with Crippen LogP contribution in [-0.4, -0.2) is 72.2 Å². The SMILES string of the molecule is C#CCCC1(CCC(=O)N2CCN(C3(C(N)=O)CCOC3)CC2)N=N1. The van der Waals surface area contributed by atoms with E-state index in [1.807, 2.05) is 4.90 Å². The summed E-state index contributed by atoms with van der Waals surface area (Å²) in [5, 5.41) is 8.13. The third-order valence-electron chi connectivity index (χ3n) is 5.49. The summed E-state index contributed by atoms with van der Waals surface area (Å²) < 4.78 is 5.41. The van der Waals surface area contributed by atoms with E-state index in [-0.39, 0.29) is 11.8 Å². The molecule has 8 heteroatoms. The predicted octanol–water partition coefficient (Wildman–Crippen LogP) is 0.131. The molecule has 2 amide bonds. The first kappa shape index (κ1) is 17.8. The topological polar surface area (TPSA) is 101 Å². The summed E-state index contributed by atoms with van der Waals surface area (Å²) in [5.74, 6) is 2.36. The molecule has 0 aromatic heterocycles. The van der Waals surface area contributed by atoms with Crippen LogP contribution in [0.1, 0.15) is 32.1 Å². The van der Waals surface area contributed by atoms with Gasteiger partial charge in [-0.15, -0.1) is 12.3 Å². The zero-order valence-corrected chi connectivity index (χ0v) is 14.4. The van der Waals surface area contributed by atoms with Crippen LogP contribution in [0.25, 0.3) is 0 Å². The van der Waals surface area contributed by atoms with Gasteiger partial charge in [0.2, 0.25) is 11.8 Å². The maximum Gasteiger partial charge on any atom is 0.240 e. The summed E-state index contributed by atoms with van der Waals surface area (Å²) in [4.78, 5) is 28.3. The van der Waals surface area contributed by atoms with Gasteiger partial charge in [0.1, 0.15) is 5.54 Å². The van der Waals surface area contributed by atoms with Crippen molar-refractivity contribution >= 4 is 11.8 Å². The molecule has 25 heavy (non-hydrogen) atoms. The summed E-state index contributed by atoms with van der Waals surface area (Å²) in [6, 6.07) is 0. The first-order chi connectivity index (χ1) is 12.0. The van der Waals surface area contributed by atoms with Gasteiger partial charge in [0.25, 0.3) is 0 Å². The van der Waals surface area contributed by atoms with Crippen LogP contribution >= 0.6 is 0 Å². The predicted molar refractivity (Wildman–Crippen MR) is 90.4 cm³/mol. The monoisotopic (exact) mass is 347 g/mol. The summed E-state index contributed by atoms with van der Waals surface area (Å²) in [7, 11) is 0. The Balaban J connectivity index is 1.47. The molecule has 3 aliphatic heterocycles. The van der Waals surface area contributed by atoms with Crippen LogP contribution in [0.4, 0.5) is 0 Å². The molecule has 8 nitrogen and oxygen atoms in total. The van der Waals surface area contributed by atoms with Gasteiger partial charge in [0, 0.05) is 64.9 Å². The number of amides is 2. The van der Waals surface area contributed by atoms with Crippen LogP contribution in [0.3, 0.4) is 0 Å². The zero-order chi connectivity index (χ0) is 17.9. The Labute approximate surface area is 147 Å². The molecule has 1 atom stereocenters. The smallest absolute Gasteiger partial charge is 0.240 e. The molecular formula is C17H25N5O3. The molecule has 3 aliphatic rings. The molecule has 3 rings (SSSR count). The lowest BCUT2D eigenvalue weighted by atomic mass is 9.94. The van der Waals surface area contributed by atoms with Crippen molar-refractivity contribution in [1.29, 1.82) is 0 Å². The number of ether oxygens (including phenoxy) is 1. The number of carbonyl (C=O) groups excluding carboxylic acids is 2. The first-order valence-electron chi connectivity index (χ1n) is 8.79. The van der Waals surface area contributed by atoms with Gasteiger partial charge < -0.3 is 15.4 Å². The molecule has 0 aliphatic carbocycles. The number of nitrogens with zero attached hydrogens (tertiary/aromatic N) is 4. The minimum Gasteiger partial charge on any atom is -0.379 e. The van der Waals surface area contributed by atoms with Gasteiger partial charge in [0.05, 0.1) is 6.61 Å². The van der Waals surface area contributed by atoms with Crippen LogP contribution in [0.15, 0.2) is 10.2 Å². The number of terminal acetylenes is 1. The number of nitrogens with two attached hydrogens (primary N) is 1. The highest BCUT2D eigenvalue weighted by molar-refractivity contribution is 5.85.